The van der Waals surface area contributed by atoms with E-state index in [9.17, 15) is 4.79 Å². The molecule has 6 nitrogen and oxygen atoms in total. The number of nitrogens with one attached hydrogen (secondary N) is 2. The molecule has 0 aromatic carbocycles. The maximum atomic E-state index is 11.6. The normalized spacial score (nSPS) is 21.0. The van der Waals surface area contributed by atoms with E-state index in [1.807, 2.05) is 0 Å². The number of carbonyl (C=O) groups excluding carboxylic acids is 1. The van der Waals surface area contributed by atoms with Crippen LogP contribution in [0.15, 0.2) is 4.99 Å². The highest BCUT2D eigenvalue weighted by Gasteiger charge is 2.23. The van der Waals surface area contributed by atoms with Crippen LogP contribution >= 0.6 is 0 Å². The van der Waals surface area contributed by atoms with Crippen LogP contribution in [0.25, 0.3) is 0 Å². The summed E-state index contributed by atoms with van der Waals surface area (Å²) in [6, 6.07) is 0. The average molecular weight is 366 g/mol. The number of rotatable bonds is 7. The van der Waals surface area contributed by atoms with Crippen LogP contribution < -0.4 is 10.6 Å². The van der Waals surface area contributed by atoms with Gasteiger partial charge in [0.25, 0.3) is 0 Å². The molecule has 150 valence electrons. The molecule has 0 aliphatic carbocycles. The molecule has 2 fully saturated rings. The Balaban J connectivity index is 1.75. The molecule has 0 aromatic heterocycles. The smallest absolute Gasteiger partial charge is 0.220 e. The number of piperidine rings is 2. The molecule has 0 radical (unpaired) electrons. The van der Waals surface area contributed by atoms with Crippen LogP contribution in [0.3, 0.4) is 0 Å². The minimum absolute atomic E-state index is 0.165. The molecule has 0 bridgehead atoms. The van der Waals surface area contributed by atoms with E-state index in [1.165, 1.54) is 38.9 Å². The molecule has 0 saturated carbocycles. The van der Waals surface area contributed by atoms with E-state index in [0.717, 1.165) is 50.9 Å². The van der Waals surface area contributed by atoms with Crippen LogP contribution in [0.2, 0.25) is 0 Å². The van der Waals surface area contributed by atoms with Gasteiger partial charge in [-0.05, 0) is 70.5 Å². The highest BCUT2D eigenvalue weighted by atomic mass is 16.1. The Kier molecular flexibility index (Phi) is 9.23. The maximum Gasteiger partial charge on any atom is 0.220 e. The van der Waals surface area contributed by atoms with E-state index in [2.05, 4.69) is 34.3 Å². The van der Waals surface area contributed by atoms with Gasteiger partial charge in [-0.15, -0.1) is 0 Å². The Labute approximate surface area is 159 Å². The molecule has 1 amide bonds. The Hall–Kier alpha value is -1.30. The quantitative estimate of drug-likeness (QED) is 0.535. The second-order valence-corrected chi connectivity index (χ2v) is 7.71. The second kappa shape index (κ2) is 11.4. The number of hydrogen-bond acceptors (Lipinski definition) is 3. The van der Waals surface area contributed by atoms with Crippen LogP contribution in [0, 0.1) is 11.8 Å². The van der Waals surface area contributed by atoms with Crippen molar-refractivity contribution in [2.24, 2.45) is 16.8 Å². The molecule has 2 rings (SSSR count). The van der Waals surface area contributed by atoms with Crippen molar-refractivity contribution < 1.29 is 4.79 Å². The summed E-state index contributed by atoms with van der Waals surface area (Å²) in [5, 5.41) is 6.20. The van der Waals surface area contributed by atoms with E-state index >= 15 is 0 Å². The van der Waals surface area contributed by atoms with Crippen LogP contribution in [0.5, 0.6) is 0 Å². The topological polar surface area (TPSA) is 60.0 Å². The summed E-state index contributed by atoms with van der Waals surface area (Å²) in [4.78, 5) is 21.4. The lowest BCUT2D eigenvalue weighted by atomic mass is 9.93. The minimum atomic E-state index is 0.165. The third-order valence-corrected chi connectivity index (χ3v) is 5.96. The Morgan fingerprint density at radius 2 is 1.69 bits per heavy atom. The average Bonchev–Trinajstić information content (AvgIpc) is 2.68. The molecule has 0 atom stereocenters. The van der Waals surface area contributed by atoms with Crippen LogP contribution in [-0.2, 0) is 4.79 Å². The minimum Gasteiger partial charge on any atom is -0.359 e. The predicted molar refractivity (Wildman–Crippen MR) is 108 cm³/mol. The lowest BCUT2D eigenvalue weighted by Crippen LogP contribution is -2.46. The zero-order valence-electron chi connectivity index (χ0n) is 17.1. The lowest BCUT2D eigenvalue weighted by Gasteiger charge is -2.34. The van der Waals surface area contributed by atoms with Gasteiger partial charge >= 0.3 is 0 Å². The van der Waals surface area contributed by atoms with Crippen molar-refractivity contribution in [3.8, 4) is 0 Å². The van der Waals surface area contributed by atoms with Gasteiger partial charge in [0.05, 0.1) is 0 Å². The molecule has 2 saturated heterocycles. The van der Waals surface area contributed by atoms with Gasteiger partial charge in [-0.3, -0.25) is 9.79 Å². The molecular formula is C20H39N5O. The summed E-state index contributed by atoms with van der Waals surface area (Å²) in [5.41, 5.74) is 0. The fraction of sp³-hybridized carbons (Fsp3) is 0.900. The second-order valence-electron chi connectivity index (χ2n) is 7.71. The molecule has 2 aliphatic heterocycles. The van der Waals surface area contributed by atoms with Gasteiger partial charge in [0, 0.05) is 39.6 Å². The van der Waals surface area contributed by atoms with Gasteiger partial charge in [0.2, 0.25) is 5.91 Å². The largest absolute Gasteiger partial charge is 0.359 e. The van der Waals surface area contributed by atoms with Gasteiger partial charge < -0.3 is 20.4 Å². The van der Waals surface area contributed by atoms with E-state index in [-0.39, 0.29) is 5.91 Å². The maximum absolute atomic E-state index is 11.6. The SMILES string of the molecule is CCNC(=NCCC1CCN(CC)CC1)N1CCC(CC(=O)NC)CC1. The third kappa shape index (κ3) is 6.78. The summed E-state index contributed by atoms with van der Waals surface area (Å²) in [7, 11) is 1.72. The number of likely N-dealkylation sites (tertiary alicyclic amines) is 2. The number of carbonyl (C=O) groups is 1. The van der Waals surface area contributed by atoms with Gasteiger partial charge in [0.15, 0.2) is 5.96 Å². The Morgan fingerprint density at radius 1 is 1.04 bits per heavy atom. The molecule has 0 spiro atoms. The predicted octanol–water partition coefficient (Wildman–Crippen LogP) is 1.92. The fourth-order valence-electron chi connectivity index (χ4n) is 4.08. The van der Waals surface area contributed by atoms with E-state index in [1.54, 1.807) is 7.05 Å². The highest BCUT2D eigenvalue weighted by Crippen LogP contribution is 2.22. The van der Waals surface area contributed by atoms with E-state index < -0.39 is 0 Å². The number of guanidine groups is 1. The zero-order valence-corrected chi connectivity index (χ0v) is 17.1. The van der Waals surface area contributed by atoms with Crippen molar-refractivity contribution in [2.45, 2.75) is 52.4 Å². The molecule has 2 N–H and O–H groups in total. The zero-order chi connectivity index (χ0) is 18.8. The van der Waals surface area contributed by atoms with Gasteiger partial charge in [-0.1, -0.05) is 6.92 Å². The van der Waals surface area contributed by atoms with Crippen molar-refractivity contribution in [1.29, 1.82) is 0 Å². The highest BCUT2D eigenvalue weighted by molar-refractivity contribution is 5.80. The van der Waals surface area contributed by atoms with Crippen molar-refractivity contribution in [3.63, 3.8) is 0 Å². The lowest BCUT2D eigenvalue weighted by molar-refractivity contribution is -0.121. The molecule has 2 heterocycles. The van der Waals surface area contributed by atoms with Gasteiger partial charge in [-0.25, -0.2) is 0 Å². The molecule has 26 heavy (non-hydrogen) atoms. The summed E-state index contributed by atoms with van der Waals surface area (Å²) in [5.74, 6) is 2.58. The Bertz CT molecular complexity index is 437. The van der Waals surface area contributed by atoms with Gasteiger partial charge in [-0.2, -0.15) is 0 Å². The third-order valence-electron chi connectivity index (χ3n) is 5.96. The Morgan fingerprint density at radius 3 is 2.27 bits per heavy atom. The summed E-state index contributed by atoms with van der Waals surface area (Å²) < 4.78 is 0. The molecule has 0 aromatic rings. The first-order valence-electron chi connectivity index (χ1n) is 10.6. The van der Waals surface area contributed by atoms with Gasteiger partial charge in [0.1, 0.15) is 0 Å². The summed E-state index contributed by atoms with van der Waals surface area (Å²) >= 11 is 0. The summed E-state index contributed by atoms with van der Waals surface area (Å²) in [6.07, 6.45) is 6.67. The summed E-state index contributed by atoms with van der Waals surface area (Å²) in [6.45, 7) is 11.9. The monoisotopic (exact) mass is 365 g/mol. The number of aliphatic imine (C=N–C) groups is 1. The number of hydrogen-bond donors (Lipinski definition) is 2. The standard InChI is InChI=1S/C20H39N5O/c1-4-22-20(23-11-6-17-7-12-24(5-2)13-8-17)25-14-9-18(10-15-25)16-19(26)21-3/h17-18H,4-16H2,1-3H3,(H,21,26)(H,22,23). The number of amides is 1. The first-order chi connectivity index (χ1) is 12.7. The van der Waals surface area contributed by atoms with Crippen molar-refractivity contribution >= 4 is 11.9 Å². The van der Waals surface area contributed by atoms with E-state index in [0.29, 0.717) is 12.3 Å². The molecule has 2 aliphatic rings. The van der Waals surface area contributed by atoms with Crippen LogP contribution in [0.1, 0.15) is 52.4 Å². The van der Waals surface area contributed by atoms with Crippen molar-refractivity contribution in [1.82, 2.24) is 20.4 Å². The van der Waals surface area contributed by atoms with E-state index in [4.69, 9.17) is 4.99 Å². The van der Waals surface area contributed by atoms with Crippen LogP contribution in [0.4, 0.5) is 0 Å². The molecule has 6 heteroatoms. The van der Waals surface area contributed by atoms with Crippen LogP contribution in [-0.4, -0.2) is 74.5 Å². The van der Waals surface area contributed by atoms with Crippen molar-refractivity contribution in [3.05, 3.63) is 0 Å². The fourth-order valence-corrected chi connectivity index (χ4v) is 4.08. The molecule has 0 unspecified atom stereocenters. The first-order valence-corrected chi connectivity index (χ1v) is 10.6. The van der Waals surface area contributed by atoms with Crippen molar-refractivity contribution in [2.75, 3.05) is 52.9 Å². The molecular weight excluding hydrogens is 326 g/mol. The number of nitrogens with zero attached hydrogens (tertiary/aromatic N) is 3. The first kappa shape index (κ1) is 21.0.